The summed E-state index contributed by atoms with van der Waals surface area (Å²) in [4.78, 5) is 33.7. The standard InChI is InChI=1S/C20H22N6OS/c1-12-10-22-16(11-21-12)19(27)26-9-5-7-17(26)15-6-4-8-18(24-15)25-20-23-13(2)14(3)28-20/h4,6,8,10-11,17H,5,7,9H2,1-3H3,(H,23,24,25). The molecule has 0 saturated carbocycles. The van der Waals surface area contributed by atoms with Crippen molar-refractivity contribution < 1.29 is 4.79 Å². The molecule has 1 amide bonds. The van der Waals surface area contributed by atoms with E-state index in [1.54, 1.807) is 23.7 Å². The quantitative estimate of drug-likeness (QED) is 0.721. The highest BCUT2D eigenvalue weighted by atomic mass is 32.1. The minimum Gasteiger partial charge on any atom is -0.329 e. The smallest absolute Gasteiger partial charge is 0.274 e. The van der Waals surface area contributed by atoms with Crippen molar-refractivity contribution in [2.24, 2.45) is 0 Å². The molecule has 3 aromatic heterocycles. The maximum atomic E-state index is 12.9. The van der Waals surface area contributed by atoms with Gasteiger partial charge in [0.05, 0.1) is 29.3 Å². The first-order valence-corrected chi connectivity index (χ1v) is 10.1. The second-order valence-electron chi connectivity index (χ2n) is 6.93. The number of carbonyl (C=O) groups is 1. The normalized spacial score (nSPS) is 16.4. The minimum atomic E-state index is -0.0960. The van der Waals surface area contributed by atoms with Crippen LogP contribution in [-0.4, -0.2) is 37.3 Å². The van der Waals surface area contributed by atoms with Gasteiger partial charge >= 0.3 is 0 Å². The summed E-state index contributed by atoms with van der Waals surface area (Å²) in [6.07, 6.45) is 5.00. The molecule has 1 saturated heterocycles. The van der Waals surface area contributed by atoms with Gasteiger partial charge in [0.1, 0.15) is 11.5 Å². The molecule has 0 aliphatic carbocycles. The molecule has 1 N–H and O–H groups in total. The molecule has 1 unspecified atom stereocenters. The maximum absolute atomic E-state index is 12.9. The van der Waals surface area contributed by atoms with E-state index in [2.05, 4.69) is 27.2 Å². The number of nitrogens with zero attached hydrogens (tertiary/aromatic N) is 5. The molecular weight excluding hydrogens is 372 g/mol. The fourth-order valence-electron chi connectivity index (χ4n) is 3.31. The lowest BCUT2D eigenvalue weighted by Gasteiger charge is -2.24. The minimum absolute atomic E-state index is 0.0582. The number of rotatable bonds is 4. The van der Waals surface area contributed by atoms with Crippen molar-refractivity contribution >= 4 is 28.2 Å². The van der Waals surface area contributed by atoms with Crippen LogP contribution in [-0.2, 0) is 0 Å². The largest absolute Gasteiger partial charge is 0.329 e. The van der Waals surface area contributed by atoms with Crippen LogP contribution in [0, 0.1) is 20.8 Å². The topological polar surface area (TPSA) is 83.9 Å². The van der Waals surface area contributed by atoms with E-state index < -0.39 is 0 Å². The predicted octanol–water partition coefficient (Wildman–Crippen LogP) is 3.97. The van der Waals surface area contributed by atoms with E-state index in [0.29, 0.717) is 12.2 Å². The summed E-state index contributed by atoms with van der Waals surface area (Å²) >= 11 is 1.61. The van der Waals surface area contributed by atoms with E-state index in [1.165, 1.54) is 4.88 Å². The Morgan fingerprint density at radius 1 is 1.18 bits per heavy atom. The summed E-state index contributed by atoms with van der Waals surface area (Å²) in [5, 5.41) is 4.11. The van der Waals surface area contributed by atoms with E-state index in [9.17, 15) is 4.79 Å². The Kier molecular flexibility index (Phi) is 5.04. The number of likely N-dealkylation sites (tertiary alicyclic amines) is 1. The summed E-state index contributed by atoms with van der Waals surface area (Å²) < 4.78 is 0. The van der Waals surface area contributed by atoms with Gasteiger partial charge in [-0.15, -0.1) is 11.3 Å². The van der Waals surface area contributed by atoms with Gasteiger partial charge in [-0.3, -0.25) is 9.78 Å². The van der Waals surface area contributed by atoms with Crippen LogP contribution in [0.15, 0.2) is 30.6 Å². The fraction of sp³-hybridized carbons (Fsp3) is 0.350. The molecular formula is C20H22N6OS. The highest BCUT2D eigenvalue weighted by Gasteiger charge is 2.32. The molecule has 0 bridgehead atoms. The van der Waals surface area contributed by atoms with Crippen molar-refractivity contribution in [2.75, 3.05) is 11.9 Å². The van der Waals surface area contributed by atoms with E-state index >= 15 is 0 Å². The molecule has 1 aliphatic heterocycles. The third-order valence-corrected chi connectivity index (χ3v) is 5.88. The van der Waals surface area contributed by atoms with Gasteiger partial charge in [-0.05, 0) is 45.7 Å². The Hall–Kier alpha value is -2.87. The third kappa shape index (κ3) is 3.73. The molecule has 1 fully saturated rings. The molecule has 1 atom stereocenters. The highest BCUT2D eigenvalue weighted by Crippen LogP contribution is 2.33. The number of hydrogen-bond donors (Lipinski definition) is 1. The lowest BCUT2D eigenvalue weighted by atomic mass is 10.1. The number of aryl methyl sites for hydroxylation is 3. The first kappa shape index (κ1) is 18.5. The summed E-state index contributed by atoms with van der Waals surface area (Å²) in [5.41, 5.74) is 3.07. The average molecular weight is 395 g/mol. The van der Waals surface area contributed by atoms with E-state index in [4.69, 9.17) is 4.98 Å². The number of amides is 1. The Labute approximate surface area is 167 Å². The number of aromatic nitrogens is 4. The van der Waals surface area contributed by atoms with Gasteiger partial charge in [-0.2, -0.15) is 0 Å². The highest BCUT2D eigenvalue weighted by molar-refractivity contribution is 7.15. The predicted molar refractivity (Wildman–Crippen MR) is 109 cm³/mol. The zero-order valence-electron chi connectivity index (χ0n) is 16.1. The number of nitrogens with one attached hydrogen (secondary N) is 1. The van der Waals surface area contributed by atoms with Crippen LogP contribution >= 0.6 is 11.3 Å². The molecule has 28 heavy (non-hydrogen) atoms. The van der Waals surface area contributed by atoms with Crippen molar-refractivity contribution in [2.45, 2.75) is 39.7 Å². The van der Waals surface area contributed by atoms with Crippen molar-refractivity contribution in [3.05, 3.63) is 58.2 Å². The molecule has 7 nitrogen and oxygen atoms in total. The third-order valence-electron chi connectivity index (χ3n) is 4.89. The molecule has 3 aromatic rings. The summed E-state index contributed by atoms with van der Waals surface area (Å²) in [6, 6.07) is 5.80. The van der Waals surface area contributed by atoms with Crippen molar-refractivity contribution in [1.29, 1.82) is 0 Å². The van der Waals surface area contributed by atoms with Gasteiger partial charge in [0.25, 0.3) is 5.91 Å². The molecule has 144 valence electrons. The molecule has 0 radical (unpaired) electrons. The van der Waals surface area contributed by atoms with Gasteiger partial charge in [0.15, 0.2) is 5.13 Å². The summed E-state index contributed by atoms with van der Waals surface area (Å²) in [5.74, 6) is 0.641. The molecule has 8 heteroatoms. The molecule has 0 aromatic carbocycles. The molecule has 1 aliphatic rings. The van der Waals surface area contributed by atoms with Crippen LogP contribution in [0.25, 0.3) is 0 Å². The van der Waals surface area contributed by atoms with E-state index in [0.717, 1.165) is 40.9 Å². The van der Waals surface area contributed by atoms with Crippen LogP contribution in [0.3, 0.4) is 0 Å². The average Bonchev–Trinajstić information content (AvgIpc) is 3.29. The number of carbonyl (C=O) groups excluding carboxylic acids is 1. The van der Waals surface area contributed by atoms with E-state index in [-0.39, 0.29) is 11.9 Å². The van der Waals surface area contributed by atoms with Crippen LogP contribution in [0.1, 0.15) is 51.3 Å². The monoisotopic (exact) mass is 394 g/mol. The summed E-state index contributed by atoms with van der Waals surface area (Å²) in [7, 11) is 0. The first-order chi connectivity index (χ1) is 13.5. The number of pyridine rings is 1. The maximum Gasteiger partial charge on any atom is 0.274 e. The molecule has 0 spiro atoms. The fourth-order valence-corrected chi connectivity index (χ4v) is 4.13. The Bertz CT molecular complexity index is 981. The van der Waals surface area contributed by atoms with Crippen LogP contribution in [0.4, 0.5) is 10.9 Å². The number of thiazole rings is 1. The molecule has 4 rings (SSSR count). The van der Waals surface area contributed by atoms with Crippen LogP contribution < -0.4 is 5.32 Å². The molecule has 4 heterocycles. The Morgan fingerprint density at radius 3 is 2.75 bits per heavy atom. The zero-order valence-corrected chi connectivity index (χ0v) is 17.0. The second kappa shape index (κ2) is 7.63. The zero-order chi connectivity index (χ0) is 19.7. The second-order valence-corrected chi connectivity index (χ2v) is 8.14. The van der Waals surface area contributed by atoms with Crippen molar-refractivity contribution in [3.8, 4) is 0 Å². The van der Waals surface area contributed by atoms with Crippen LogP contribution in [0.5, 0.6) is 0 Å². The SMILES string of the molecule is Cc1cnc(C(=O)N2CCCC2c2cccc(Nc3nc(C)c(C)s3)n2)cn1. The lowest BCUT2D eigenvalue weighted by molar-refractivity contribution is 0.0726. The summed E-state index contributed by atoms with van der Waals surface area (Å²) in [6.45, 7) is 6.60. The van der Waals surface area contributed by atoms with Crippen molar-refractivity contribution in [1.82, 2.24) is 24.8 Å². The van der Waals surface area contributed by atoms with E-state index in [1.807, 2.05) is 36.9 Å². The van der Waals surface area contributed by atoms with Crippen LogP contribution in [0.2, 0.25) is 0 Å². The number of anilines is 2. The first-order valence-electron chi connectivity index (χ1n) is 9.29. The lowest BCUT2D eigenvalue weighted by Crippen LogP contribution is -2.31. The Morgan fingerprint density at radius 2 is 2.04 bits per heavy atom. The van der Waals surface area contributed by atoms with Crippen molar-refractivity contribution in [3.63, 3.8) is 0 Å². The van der Waals surface area contributed by atoms with Gasteiger partial charge in [0, 0.05) is 17.6 Å². The van der Waals surface area contributed by atoms with Gasteiger partial charge in [-0.1, -0.05) is 6.07 Å². The van der Waals surface area contributed by atoms with Gasteiger partial charge in [-0.25, -0.2) is 15.0 Å². The Balaban J connectivity index is 1.55. The van der Waals surface area contributed by atoms with Gasteiger partial charge < -0.3 is 10.2 Å². The number of hydrogen-bond acceptors (Lipinski definition) is 7. The van der Waals surface area contributed by atoms with Gasteiger partial charge in [0.2, 0.25) is 0 Å².